The van der Waals surface area contributed by atoms with Crippen molar-refractivity contribution in [2.75, 3.05) is 39.3 Å². The molecule has 5 heteroatoms. The Morgan fingerprint density at radius 1 is 1.31 bits per heavy atom. The first kappa shape index (κ1) is 19.3. The minimum Gasteiger partial charge on any atom is -0.373 e. The van der Waals surface area contributed by atoms with E-state index in [2.05, 4.69) is 41.5 Å². The van der Waals surface area contributed by atoms with E-state index >= 15 is 0 Å². The van der Waals surface area contributed by atoms with E-state index in [4.69, 9.17) is 4.74 Å². The first-order valence-electron chi connectivity index (χ1n) is 10.1. The highest BCUT2D eigenvalue weighted by Crippen LogP contribution is 2.16. The molecule has 0 saturated carbocycles. The van der Waals surface area contributed by atoms with Crippen molar-refractivity contribution < 1.29 is 9.53 Å². The molecule has 2 fully saturated rings. The summed E-state index contributed by atoms with van der Waals surface area (Å²) >= 11 is 0. The molecule has 144 valence electrons. The third-order valence-corrected chi connectivity index (χ3v) is 5.31. The van der Waals surface area contributed by atoms with Crippen molar-refractivity contribution in [2.45, 2.75) is 45.3 Å². The summed E-state index contributed by atoms with van der Waals surface area (Å²) in [4.78, 5) is 14.9. The van der Waals surface area contributed by atoms with Crippen LogP contribution in [0, 0.1) is 5.92 Å². The molecule has 1 amide bonds. The molecule has 2 N–H and O–H groups in total. The largest absolute Gasteiger partial charge is 0.373 e. The van der Waals surface area contributed by atoms with Crippen molar-refractivity contribution in [3.63, 3.8) is 0 Å². The van der Waals surface area contributed by atoms with Crippen LogP contribution in [-0.2, 0) is 11.2 Å². The summed E-state index contributed by atoms with van der Waals surface area (Å²) in [6, 6.07) is 8.11. The molecule has 2 aliphatic heterocycles. The lowest BCUT2D eigenvalue weighted by Gasteiger charge is -2.35. The van der Waals surface area contributed by atoms with E-state index in [9.17, 15) is 4.79 Å². The van der Waals surface area contributed by atoms with Crippen LogP contribution < -0.4 is 10.6 Å². The fourth-order valence-corrected chi connectivity index (χ4v) is 4.14. The van der Waals surface area contributed by atoms with E-state index in [1.165, 1.54) is 12.0 Å². The molecule has 26 heavy (non-hydrogen) atoms. The van der Waals surface area contributed by atoms with Crippen LogP contribution >= 0.6 is 0 Å². The first-order chi connectivity index (χ1) is 12.6. The molecule has 5 nitrogen and oxygen atoms in total. The smallest absolute Gasteiger partial charge is 0.251 e. The number of benzene rings is 1. The van der Waals surface area contributed by atoms with Gasteiger partial charge in [0, 0.05) is 31.7 Å². The van der Waals surface area contributed by atoms with E-state index in [1.807, 2.05) is 12.1 Å². The molecule has 0 spiro atoms. The summed E-state index contributed by atoms with van der Waals surface area (Å²) in [5.41, 5.74) is 2.05. The summed E-state index contributed by atoms with van der Waals surface area (Å²) in [5, 5.41) is 6.48. The summed E-state index contributed by atoms with van der Waals surface area (Å²) < 4.78 is 5.76. The number of amides is 1. The van der Waals surface area contributed by atoms with Crippen molar-refractivity contribution in [3.8, 4) is 0 Å². The number of morpholine rings is 1. The minimum absolute atomic E-state index is 0.0418. The highest BCUT2D eigenvalue weighted by Gasteiger charge is 2.21. The normalized spacial score (nSPS) is 26.8. The van der Waals surface area contributed by atoms with Gasteiger partial charge in [-0.25, -0.2) is 0 Å². The zero-order valence-corrected chi connectivity index (χ0v) is 16.2. The lowest BCUT2D eigenvalue weighted by Crippen LogP contribution is -2.46. The average Bonchev–Trinajstić information content (AvgIpc) is 3.11. The molecular formula is C21H33N3O2. The fourth-order valence-electron chi connectivity index (χ4n) is 4.14. The van der Waals surface area contributed by atoms with Gasteiger partial charge >= 0.3 is 0 Å². The van der Waals surface area contributed by atoms with Crippen LogP contribution in [0.15, 0.2) is 24.3 Å². The Morgan fingerprint density at radius 3 is 2.85 bits per heavy atom. The molecular weight excluding hydrogens is 326 g/mol. The number of carbonyl (C=O) groups is 1. The van der Waals surface area contributed by atoms with Crippen LogP contribution in [0.1, 0.15) is 42.6 Å². The number of nitrogens with zero attached hydrogens (tertiary/aromatic N) is 1. The zero-order valence-electron chi connectivity index (χ0n) is 16.2. The van der Waals surface area contributed by atoms with Gasteiger partial charge in [-0.1, -0.05) is 12.1 Å². The predicted molar refractivity (Wildman–Crippen MR) is 105 cm³/mol. The van der Waals surface area contributed by atoms with Gasteiger partial charge in [-0.3, -0.25) is 9.69 Å². The van der Waals surface area contributed by atoms with Gasteiger partial charge in [0.05, 0.1) is 12.2 Å². The maximum Gasteiger partial charge on any atom is 0.251 e. The van der Waals surface area contributed by atoms with E-state index < -0.39 is 0 Å². The lowest BCUT2D eigenvalue weighted by atomic mass is 9.97. The zero-order chi connectivity index (χ0) is 18.4. The standard InChI is InChI=1S/C21H33N3O2/c1-16-14-24(15-17(2)26-16)10-4-8-23-21(25)20-6-3-5-18(12-20)11-19-7-9-22-13-19/h3,5-6,12,16-17,19,22H,4,7-11,13-15H2,1-2H3,(H,23,25)/t16-,17+,19?. The van der Waals surface area contributed by atoms with Crippen molar-refractivity contribution in [2.24, 2.45) is 5.92 Å². The van der Waals surface area contributed by atoms with Crippen LogP contribution in [0.5, 0.6) is 0 Å². The van der Waals surface area contributed by atoms with Gasteiger partial charge in [0.15, 0.2) is 0 Å². The van der Waals surface area contributed by atoms with E-state index in [0.717, 1.165) is 57.7 Å². The molecule has 2 aliphatic rings. The molecule has 0 radical (unpaired) electrons. The highest BCUT2D eigenvalue weighted by atomic mass is 16.5. The molecule has 1 aromatic carbocycles. The van der Waals surface area contributed by atoms with Crippen LogP contribution in [0.25, 0.3) is 0 Å². The molecule has 3 atom stereocenters. The van der Waals surface area contributed by atoms with Gasteiger partial charge in [0.25, 0.3) is 5.91 Å². The number of rotatable bonds is 7. The van der Waals surface area contributed by atoms with Crippen molar-refractivity contribution in [1.29, 1.82) is 0 Å². The number of ether oxygens (including phenoxy) is 1. The molecule has 1 aromatic rings. The number of carbonyl (C=O) groups excluding carboxylic acids is 1. The van der Waals surface area contributed by atoms with Crippen molar-refractivity contribution in [3.05, 3.63) is 35.4 Å². The van der Waals surface area contributed by atoms with Crippen LogP contribution in [0.2, 0.25) is 0 Å². The van der Waals surface area contributed by atoms with Crippen molar-refractivity contribution in [1.82, 2.24) is 15.5 Å². The van der Waals surface area contributed by atoms with Gasteiger partial charge in [-0.05, 0) is 69.8 Å². The van der Waals surface area contributed by atoms with Crippen LogP contribution in [-0.4, -0.2) is 62.3 Å². The first-order valence-corrected chi connectivity index (χ1v) is 10.1. The Bertz CT molecular complexity index is 576. The van der Waals surface area contributed by atoms with Gasteiger partial charge in [0.1, 0.15) is 0 Å². The fraction of sp³-hybridized carbons (Fsp3) is 0.667. The van der Waals surface area contributed by atoms with E-state index in [-0.39, 0.29) is 5.91 Å². The average molecular weight is 360 g/mol. The Morgan fingerprint density at radius 2 is 2.12 bits per heavy atom. The van der Waals surface area contributed by atoms with Gasteiger partial charge < -0.3 is 15.4 Å². The Balaban J connectivity index is 1.40. The number of nitrogens with one attached hydrogen (secondary N) is 2. The monoisotopic (exact) mass is 359 g/mol. The second-order valence-electron chi connectivity index (χ2n) is 7.89. The topological polar surface area (TPSA) is 53.6 Å². The quantitative estimate of drug-likeness (QED) is 0.732. The van der Waals surface area contributed by atoms with E-state index in [0.29, 0.717) is 18.1 Å². The summed E-state index contributed by atoms with van der Waals surface area (Å²) in [5.74, 6) is 0.742. The lowest BCUT2D eigenvalue weighted by molar-refractivity contribution is -0.0679. The SMILES string of the molecule is C[C@@H]1CN(CCCNC(=O)c2cccc(CC3CCNC3)c2)C[C@H](C)O1. The highest BCUT2D eigenvalue weighted by molar-refractivity contribution is 5.94. The Hall–Kier alpha value is -1.43. The molecule has 0 aliphatic carbocycles. The third kappa shape index (κ3) is 5.79. The summed E-state index contributed by atoms with van der Waals surface area (Å²) in [6.45, 7) is 10.1. The number of hydrogen-bond donors (Lipinski definition) is 2. The van der Waals surface area contributed by atoms with Gasteiger partial charge in [-0.15, -0.1) is 0 Å². The van der Waals surface area contributed by atoms with Crippen LogP contribution in [0.4, 0.5) is 0 Å². The molecule has 0 bridgehead atoms. The maximum absolute atomic E-state index is 12.4. The maximum atomic E-state index is 12.4. The second-order valence-corrected chi connectivity index (χ2v) is 7.89. The predicted octanol–water partition coefficient (Wildman–Crippen LogP) is 2.07. The van der Waals surface area contributed by atoms with Gasteiger partial charge in [0.2, 0.25) is 0 Å². The minimum atomic E-state index is 0.0418. The summed E-state index contributed by atoms with van der Waals surface area (Å²) in [7, 11) is 0. The molecule has 0 aromatic heterocycles. The Kier molecular flexibility index (Phi) is 7.06. The third-order valence-electron chi connectivity index (χ3n) is 5.31. The summed E-state index contributed by atoms with van der Waals surface area (Å²) in [6.07, 6.45) is 3.85. The molecule has 3 rings (SSSR count). The molecule has 2 heterocycles. The molecule has 2 saturated heterocycles. The van der Waals surface area contributed by atoms with Crippen LogP contribution in [0.3, 0.4) is 0 Å². The van der Waals surface area contributed by atoms with Crippen molar-refractivity contribution >= 4 is 5.91 Å². The molecule has 1 unspecified atom stereocenters. The number of hydrogen-bond acceptors (Lipinski definition) is 4. The second kappa shape index (κ2) is 9.49. The van der Waals surface area contributed by atoms with Gasteiger partial charge in [-0.2, -0.15) is 0 Å². The Labute approximate surface area is 157 Å². The van der Waals surface area contributed by atoms with E-state index in [1.54, 1.807) is 0 Å².